The second-order valence-electron chi connectivity index (χ2n) is 6.99. The van der Waals surface area contributed by atoms with E-state index in [0.29, 0.717) is 17.1 Å². The fourth-order valence-corrected chi connectivity index (χ4v) is 3.85. The normalized spacial score (nSPS) is 12.6. The Morgan fingerprint density at radius 3 is 2.57 bits per heavy atom. The topological polar surface area (TPSA) is 49.4 Å². The Bertz CT molecular complexity index is 1150. The summed E-state index contributed by atoms with van der Waals surface area (Å²) in [5, 5.41) is 3.47. The molecule has 0 saturated heterocycles. The first-order chi connectivity index (χ1) is 14.4. The van der Waals surface area contributed by atoms with Crippen LogP contribution in [0.25, 0.3) is 0 Å². The summed E-state index contributed by atoms with van der Waals surface area (Å²) in [4.78, 5) is 26.8. The summed E-state index contributed by atoms with van der Waals surface area (Å²) in [5.74, 6) is -1.28. The number of nitrogens with zero attached hydrogens (tertiary/aromatic N) is 1. The number of rotatable bonds is 4. The van der Waals surface area contributed by atoms with Crippen molar-refractivity contribution in [3.05, 3.63) is 98.8 Å². The SMILES string of the molecule is O=C(NCc1ccc2c(c1)CCN2C(=O)c1cccc(Cl)c1)c1ccc(Cl)cc1F. The molecule has 3 aromatic rings. The molecule has 1 aliphatic rings. The summed E-state index contributed by atoms with van der Waals surface area (Å²) in [5.41, 5.74) is 3.22. The molecule has 0 atom stereocenters. The van der Waals surface area contributed by atoms with Crippen LogP contribution in [0.15, 0.2) is 60.7 Å². The van der Waals surface area contributed by atoms with Crippen LogP contribution in [0.2, 0.25) is 10.0 Å². The molecule has 0 unspecified atom stereocenters. The van der Waals surface area contributed by atoms with E-state index in [0.717, 1.165) is 29.3 Å². The molecule has 4 nitrogen and oxygen atoms in total. The number of amides is 2. The van der Waals surface area contributed by atoms with Gasteiger partial charge < -0.3 is 10.2 Å². The lowest BCUT2D eigenvalue weighted by atomic mass is 10.1. The van der Waals surface area contributed by atoms with Crippen LogP contribution >= 0.6 is 23.2 Å². The number of carbonyl (C=O) groups is 2. The summed E-state index contributed by atoms with van der Waals surface area (Å²) in [7, 11) is 0. The lowest BCUT2D eigenvalue weighted by molar-refractivity contribution is 0.0945. The van der Waals surface area contributed by atoms with Crippen molar-refractivity contribution in [2.45, 2.75) is 13.0 Å². The van der Waals surface area contributed by atoms with E-state index in [1.807, 2.05) is 18.2 Å². The number of nitrogens with one attached hydrogen (secondary N) is 1. The molecule has 1 aliphatic heterocycles. The van der Waals surface area contributed by atoms with E-state index in [4.69, 9.17) is 23.2 Å². The third-order valence-corrected chi connectivity index (χ3v) is 5.46. The van der Waals surface area contributed by atoms with Gasteiger partial charge in [-0.3, -0.25) is 9.59 Å². The number of fused-ring (bicyclic) bond motifs is 1. The van der Waals surface area contributed by atoms with Gasteiger partial charge in [0.1, 0.15) is 5.82 Å². The molecule has 0 radical (unpaired) electrons. The summed E-state index contributed by atoms with van der Waals surface area (Å²) in [6.07, 6.45) is 0.717. The average molecular weight is 443 g/mol. The molecule has 0 aliphatic carbocycles. The van der Waals surface area contributed by atoms with Crippen molar-refractivity contribution in [2.75, 3.05) is 11.4 Å². The Morgan fingerprint density at radius 2 is 1.80 bits per heavy atom. The van der Waals surface area contributed by atoms with Crippen LogP contribution in [0.5, 0.6) is 0 Å². The predicted molar refractivity (Wildman–Crippen MR) is 116 cm³/mol. The largest absolute Gasteiger partial charge is 0.348 e. The van der Waals surface area contributed by atoms with E-state index < -0.39 is 11.7 Å². The molecule has 30 heavy (non-hydrogen) atoms. The van der Waals surface area contributed by atoms with Gasteiger partial charge in [-0.05, 0) is 60.0 Å². The van der Waals surface area contributed by atoms with E-state index in [9.17, 15) is 14.0 Å². The van der Waals surface area contributed by atoms with Crippen LogP contribution < -0.4 is 10.2 Å². The van der Waals surface area contributed by atoms with Crippen molar-refractivity contribution in [3.8, 4) is 0 Å². The highest BCUT2D eigenvalue weighted by Gasteiger charge is 2.26. The molecule has 152 valence electrons. The Labute approximate surface area is 183 Å². The van der Waals surface area contributed by atoms with Crippen molar-refractivity contribution < 1.29 is 14.0 Å². The van der Waals surface area contributed by atoms with Crippen LogP contribution in [0.1, 0.15) is 31.8 Å². The van der Waals surface area contributed by atoms with Gasteiger partial charge in [-0.25, -0.2) is 4.39 Å². The molecule has 0 spiro atoms. The molecule has 7 heteroatoms. The summed E-state index contributed by atoms with van der Waals surface area (Å²) in [6.45, 7) is 0.822. The highest BCUT2D eigenvalue weighted by molar-refractivity contribution is 6.31. The molecular weight excluding hydrogens is 426 g/mol. The Kier molecular flexibility index (Phi) is 5.75. The minimum absolute atomic E-state index is 0.0566. The molecular formula is C23H17Cl2FN2O2. The van der Waals surface area contributed by atoms with Gasteiger partial charge >= 0.3 is 0 Å². The van der Waals surface area contributed by atoms with Gasteiger partial charge in [0.05, 0.1) is 5.56 Å². The fourth-order valence-electron chi connectivity index (χ4n) is 3.50. The number of benzene rings is 3. The lowest BCUT2D eigenvalue weighted by Gasteiger charge is -2.18. The number of anilines is 1. The van der Waals surface area contributed by atoms with Gasteiger partial charge in [-0.1, -0.05) is 41.4 Å². The lowest BCUT2D eigenvalue weighted by Crippen LogP contribution is -2.28. The van der Waals surface area contributed by atoms with Gasteiger partial charge in [-0.2, -0.15) is 0 Å². The summed E-state index contributed by atoms with van der Waals surface area (Å²) in [6, 6.07) is 16.5. The first-order valence-corrected chi connectivity index (χ1v) is 10.1. The quantitative estimate of drug-likeness (QED) is 0.598. The number of halogens is 3. The molecule has 0 saturated carbocycles. The minimum atomic E-state index is -0.663. The molecule has 1 N–H and O–H groups in total. The standard InChI is InChI=1S/C23H17Cl2FN2O2/c24-17-3-1-2-16(11-17)23(30)28-9-8-15-10-14(4-7-21(15)28)13-27-22(29)19-6-5-18(25)12-20(19)26/h1-7,10-12H,8-9,13H2,(H,27,29). The van der Waals surface area contributed by atoms with Gasteiger partial charge in [0, 0.05) is 34.4 Å². The van der Waals surface area contributed by atoms with Crippen molar-refractivity contribution in [3.63, 3.8) is 0 Å². The van der Waals surface area contributed by atoms with Crippen LogP contribution in [-0.2, 0) is 13.0 Å². The van der Waals surface area contributed by atoms with E-state index in [2.05, 4.69) is 5.32 Å². The van der Waals surface area contributed by atoms with Crippen LogP contribution in [0.3, 0.4) is 0 Å². The zero-order chi connectivity index (χ0) is 21.3. The number of hydrogen-bond donors (Lipinski definition) is 1. The fraction of sp³-hybridized carbons (Fsp3) is 0.130. The maximum absolute atomic E-state index is 13.9. The minimum Gasteiger partial charge on any atom is -0.348 e. The first-order valence-electron chi connectivity index (χ1n) is 9.35. The highest BCUT2D eigenvalue weighted by atomic mass is 35.5. The average Bonchev–Trinajstić information content (AvgIpc) is 3.14. The second kappa shape index (κ2) is 8.46. The Balaban J connectivity index is 1.46. The van der Waals surface area contributed by atoms with Crippen LogP contribution in [0, 0.1) is 5.82 Å². The van der Waals surface area contributed by atoms with E-state index in [1.165, 1.54) is 12.1 Å². The molecule has 1 heterocycles. The van der Waals surface area contributed by atoms with E-state index >= 15 is 0 Å². The van der Waals surface area contributed by atoms with Crippen molar-refractivity contribution in [1.82, 2.24) is 5.32 Å². The molecule has 0 fully saturated rings. The monoisotopic (exact) mass is 442 g/mol. The smallest absolute Gasteiger partial charge is 0.258 e. The van der Waals surface area contributed by atoms with Gasteiger partial charge in [0.25, 0.3) is 11.8 Å². The maximum Gasteiger partial charge on any atom is 0.258 e. The summed E-state index contributed by atoms with van der Waals surface area (Å²) >= 11 is 11.7. The van der Waals surface area contributed by atoms with Gasteiger partial charge in [0.2, 0.25) is 0 Å². The third-order valence-electron chi connectivity index (χ3n) is 4.98. The predicted octanol–water partition coefficient (Wildman–Crippen LogP) is 5.27. The Morgan fingerprint density at radius 1 is 1.00 bits per heavy atom. The summed E-state index contributed by atoms with van der Waals surface area (Å²) < 4.78 is 13.9. The molecule has 2 amide bonds. The van der Waals surface area contributed by atoms with E-state index in [1.54, 1.807) is 29.2 Å². The maximum atomic E-state index is 13.9. The first kappa shape index (κ1) is 20.4. The van der Waals surface area contributed by atoms with Crippen molar-refractivity contribution >= 4 is 40.7 Å². The number of carbonyl (C=O) groups excluding carboxylic acids is 2. The molecule has 0 bridgehead atoms. The van der Waals surface area contributed by atoms with E-state index in [-0.39, 0.29) is 23.0 Å². The second-order valence-corrected chi connectivity index (χ2v) is 7.86. The third kappa shape index (κ3) is 4.18. The van der Waals surface area contributed by atoms with Crippen LogP contribution in [0.4, 0.5) is 10.1 Å². The molecule has 3 aromatic carbocycles. The Hall–Kier alpha value is -2.89. The van der Waals surface area contributed by atoms with Gasteiger partial charge in [-0.15, -0.1) is 0 Å². The van der Waals surface area contributed by atoms with Crippen molar-refractivity contribution in [1.29, 1.82) is 0 Å². The molecule has 0 aromatic heterocycles. The van der Waals surface area contributed by atoms with Crippen LogP contribution in [-0.4, -0.2) is 18.4 Å². The van der Waals surface area contributed by atoms with Crippen molar-refractivity contribution in [2.24, 2.45) is 0 Å². The highest BCUT2D eigenvalue weighted by Crippen LogP contribution is 2.30. The van der Waals surface area contributed by atoms with Gasteiger partial charge in [0.15, 0.2) is 0 Å². The molecule has 4 rings (SSSR count). The zero-order valence-corrected chi connectivity index (χ0v) is 17.3. The number of hydrogen-bond acceptors (Lipinski definition) is 2. The zero-order valence-electron chi connectivity index (χ0n) is 15.8.